The molecule has 144 valence electrons. The zero-order valence-electron chi connectivity index (χ0n) is 15.6. The van der Waals surface area contributed by atoms with Gasteiger partial charge < -0.3 is 20.1 Å². The van der Waals surface area contributed by atoms with Gasteiger partial charge in [-0.1, -0.05) is 42.5 Å². The highest BCUT2D eigenvalue weighted by molar-refractivity contribution is 5.78. The van der Waals surface area contributed by atoms with Crippen molar-refractivity contribution in [2.45, 2.75) is 25.9 Å². The molecule has 6 nitrogen and oxygen atoms in total. The Labute approximate surface area is 159 Å². The number of carbonyl (C=O) groups is 2. The Balaban J connectivity index is 1.80. The number of amides is 2. The zero-order valence-corrected chi connectivity index (χ0v) is 15.6. The van der Waals surface area contributed by atoms with Gasteiger partial charge in [0.1, 0.15) is 19.1 Å². The van der Waals surface area contributed by atoms with Crippen LogP contribution in [0.1, 0.15) is 24.0 Å². The first kappa shape index (κ1) is 20.5. The number of hydrogen-bond acceptors (Lipinski definition) is 4. The third kappa shape index (κ3) is 7.50. The van der Waals surface area contributed by atoms with Crippen molar-refractivity contribution in [3.63, 3.8) is 0 Å². The van der Waals surface area contributed by atoms with E-state index >= 15 is 0 Å². The molecule has 0 saturated carbocycles. The van der Waals surface area contributed by atoms with Crippen molar-refractivity contribution >= 4 is 11.8 Å². The molecule has 0 unspecified atom stereocenters. The minimum absolute atomic E-state index is 0.0671. The molecule has 2 amide bonds. The van der Waals surface area contributed by atoms with E-state index in [0.717, 1.165) is 16.9 Å². The van der Waals surface area contributed by atoms with Crippen molar-refractivity contribution in [1.82, 2.24) is 4.90 Å². The third-order valence-corrected chi connectivity index (χ3v) is 4.06. The number of hydrogen-bond donors (Lipinski definition) is 1. The molecule has 2 rings (SSSR count). The number of benzene rings is 2. The van der Waals surface area contributed by atoms with Gasteiger partial charge in [0.05, 0.1) is 0 Å². The molecule has 0 aromatic heterocycles. The molecule has 27 heavy (non-hydrogen) atoms. The normalized spacial score (nSPS) is 10.4. The number of nitrogens with two attached hydrogens (primary N) is 1. The van der Waals surface area contributed by atoms with Crippen molar-refractivity contribution in [3.8, 4) is 5.75 Å². The fraction of sp³-hybridized carbons (Fsp3) is 0.333. The second kappa shape index (κ2) is 11.0. The van der Waals surface area contributed by atoms with Crippen LogP contribution in [0.15, 0.2) is 54.6 Å². The average Bonchev–Trinajstić information content (AvgIpc) is 2.69. The van der Waals surface area contributed by atoms with Gasteiger partial charge in [-0.05, 0) is 29.7 Å². The molecule has 0 aliphatic carbocycles. The number of methoxy groups -OCH3 is 1. The van der Waals surface area contributed by atoms with Gasteiger partial charge in [-0.2, -0.15) is 0 Å². The fourth-order valence-electron chi connectivity index (χ4n) is 2.56. The van der Waals surface area contributed by atoms with E-state index in [1.165, 1.54) is 12.0 Å². The van der Waals surface area contributed by atoms with Crippen LogP contribution in [0.4, 0.5) is 0 Å². The van der Waals surface area contributed by atoms with E-state index in [0.29, 0.717) is 19.4 Å². The number of nitrogens with zero attached hydrogens (tertiary/aromatic N) is 1. The first-order valence-corrected chi connectivity index (χ1v) is 8.89. The van der Waals surface area contributed by atoms with Gasteiger partial charge >= 0.3 is 0 Å². The Kier molecular flexibility index (Phi) is 8.32. The predicted octanol–water partition coefficient (Wildman–Crippen LogP) is 2.51. The molecule has 0 radical (unpaired) electrons. The zero-order chi connectivity index (χ0) is 19.5. The standard InChI is InChI=1S/C21H26N2O4/c1-26-16-23(14-13-20(22)24)21(25)12-9-17-7-10-19(11-8-17)27-15-18-5-3-2-4-6-18/h2-8,10-11H,9,12-16H2,1H3,(H2,22,24). The maximum absolute atomic E-state index is 12.3. The molecule has 0 aliphatic rings. The van der Waals surface area contributed by atoms with Crippen LogP contribution in [0.25, 0.3) is 0 Å². The summed E-state index contributed by atoms with van der Waals surface area (Å²) in [7, 11) is 1.51. The van der Waals surface area contributed by atoms with Crippen LogP contribution in [-0.4, -0.2) is 37.1 Å². The molecule has 0 atom stereocenters. The van der Waals surface area contributed by atoms with E-state index in [4.69, 9.17) is 15.2 Å². The van der Waals surface area contributed by atoms with Crippen LogP contribution < -0.4 is 10.5 Å². The number of aryl methyl sites for hydroxylation is 1. The molecule has 0 saturated heterocycles. The lowest BCUT2D eigenvalue weighted by Crippen LogP contribution is -2.35. The fourth-order valence-corrected chi connectivity index (χ4v) is 2.56. The SMILES string of the molecule is COCN(CCC(N)=O)C(=O)CCc1ccc(OCc2ccccc2)cc1. The van der Waals surface area contributed by atoms with Gasteiger partial charge in [0.2, 0.25) is 11.8 Å². The molecule has 2 aromatic carbocycles. The summed E-state index contributed by atoms with van der Waals surface area (Å²) < 4.78 is 10.8. The minimum atomic E-state index is -0.435. The van der Waals surface area contributed by atoms with Crippen LogP contribution >= 0.6 is 0 Å². The molecule has 0 spiro atoms. The van der Waals surface area contributed by atoms with E-state index in [1.807, 2.05) is 54.6 Å². The Morgan fingerprint density at radius 3 is 2.30 bits per heavy atom. The quantitative estimate of drug-likeness (QED) is 0.616. The average molecular weight is 370 g/mol. The van der Waals surface area contributed by atoms with Gasteiger partial charge in [0.15, 0.2) is 0 Å². The number of carbonyl (C=O) groups excluding carboxylic acids is 2. The molecule has 0 fully saturated rings. The predicted molar refractivity (Wildman–Crippen MR) is 103 cm³/mol. The van der Waals surface area contributed by atoms with E-state index in [9.17, 15) is 9.59 Å². The Hall–Kier alpha value is -2.86. The highest BCUT2D eigenvalue weighted by Crippen LogP contribution is 2.15. The Morgan fingerprint density at radius 2 is 1.67 bits per heavy atom. The summed E-state index contributed by atoms with van der Waals surface area (Å²) in [4.78, 5) is 24.7. The molecular formula is C21H26N2O4. The van der Waals surface area contributed by atoms with Crippen LogP contribution in [0, 0.1) is 0 Å². The smallest absolute Gasteiger partial charge is 0.224 e. The third-order valence-electron chi connectivity index (χ3n) is 4.06. The lowest BCUT2D eigenvalue weighted by Gasteiger charge is -2.21. The monoisotopic (exact) mass is 370 g/mol. The van der Waals surface area contributed by atoms with Crippen LogP contribution in [0.5, 0.6) is 5.75 Å². The van der Waals surface area contributed by atoms with Crippen molar-refractivity contribution in [3.05, 3.63) is 65.7 Å². The van der Waals surface area contributed by atoms with Crippen LogP contribution in [-0.2, 0) is 27.4 Å². The summed E-state index contributed by atoms with van der Waals surface area (Å²) in [6.07, 6.45) is 1.07. The van der Waals surface area contributed by atoms with E-state index in [-0.39, 0.29) is 25.6 Å². The number of rotatable bonds is 11. The lowest BCUT2D eigenvalue weighted by molar-refractivity contribution is -0.136. The van der Waals surface area contributed by atoms with Gasteiger partial charge in [0.25, 0.3) is 0 Å². The van der Waals surface area contributed by atoms with Gasteiger partial charge in [-0.25, -0.2) is 0 Å². The largest absolute Gasteiger partial charge is 0.489 e. The first-order valence-electron chi connectivity index (χ1n) is 8.89. The maximum atomic E-state index is 12.3. The summed E-state index contributed by atoms with van der Waals surface area (Å²) in [5, 5.41) is 0. The molecule has 2 N–H and O–H groups in total. The molecule has 0 bridgehead atoms. The van der Waals surface area contributed by atoms with Crippen molar-refractivity contribution in [1.29, 1.82) is 0 Å². The van der Waals surface area contributed by atoms with Crippen LogP contribution in [0.3, 0.4) is 0 Å². The molecule has 0 heterocycles. The summed E-state index contributed by atoms with van der Waals surface area (Å²) >= 11 is 0. The summed E-state index contributed by atoms with van der Waals surface area (Å²) in [6, 6.07) is 17.7. The summed E-state index contributed by atoms with van der Waals surface area (Å²) in [5.41, 5.74) is 7.30. The van der Waals surface area contributed by atoms with Crippen molar-refractivity contribution < 1.29 is 19.1 Å². The summed E-state index contributed by atoms with van der Waals surface area (Å²) in [5.74, 6) is 0.286. The lowest BCUT2D eigenvalue weighted by atomic mass is 10.1. The van der Waals surface area contributed by atoms with Gasteiger partial charge in [-0.15, -0.1) is 0 Å². The molecule has 6 heteroatoms. The van der Waals surface area contributed by atoms with Gasteiger partial charge in [-0.3, -0.25) is 9.59 Å². The number of ether oxygens (including phenoxy) is 2. The topological polar surface area (TPSA) is 81.9 Å². The molecular weight excluding hydrogens is 344 g/mol. The van der Waals surface area contributed by atoms with Crippen molar-refractivity contribution in [2.75, 3.05) is 20.4 Å². The number of primary amides is 1. The molecule has 0 aliphatic heterocycles. The highest BCUT2D eigenvalue weighted by atomic mass is 16.5. The maximum Gasteiger partial charge on any atom is 0.224 e. The van der Waals surface area contributed by atoms with E-state index in [1.54, 1.807) is 0 Å². The van der Waals surface area contributed by atoms with Crippen molar-refractivity contribution in [2.24, 2.45) is 5.73 Å². The van der Waals surface area contributed by atoms with Gasteiger partial charge in [0, 0.05) is 26.5 Å². The summed E-state index contributed by atoms with van der Waals surface area (Å²) in [6.45, 7) is 0.942. The molecule has 2 aromatic rings. The van der Waals surface area contributed by atoms with E-state index < -0.39 is 5.91 Å². The van der Waals surface area contributed by atoms with Crippen LogP contribution in [0.2, 0.25) is 0 Å². The highest BCUT2D eigenvalue weighted by Gasteiger charge is 2.14. The van der Waals surface area contributed by atoms with E-state index in [2.05, 4.69) is 0 Å². The Morgan fingerprint density at radius 1 is 0.963 bits per heavy atom. The minimum Gasteiger partial charge on any atom is -0.489 e. The first-order chi connectivity index (χ1) is 13.1. The second-order valence-corrected chi connectivity index (χ2v) is 6.21. The Bertz CT molecular complexity index is 717. The second-order valence-electron chi connectivity index (χ2n) is 6.21.